The standard InChI is InChI=1S/C13H28N2/c1-11(2)9-13(10-15(3)4)12-5-7-14-8-6-12/h11-14H,5-10H2,1-4H3. The van der Waals surface area contributed by atoms with Crippen LogP contribution in [0.15, 0.2) is 0 Å². The van der Waals surface area contributed by atoms with E-state index >= 15 is 0 Å². The molecule has 1 saturated heterocycles. The largest absolute Gasteiger partial charge is 0.317 e. The van der Waals surface area contributed by atoms with Crippen LogP contribution in [0.1, 0.15) is 33.1 Å². The maximum atomic E-state index is 3.46. The fraction of sp³-hybridized carbons (Fsp3) is 1.00. The van der Waals surface area contributed by atoms with Gasteiger partial charge in [0.05, 0.1) is 0 Å². The first-order valence-electron chi connectivity index (χ1n) is 6.45. The summed E-state index contributed by atoms with van der Waals surface area (Å²) in [4.78, 5) is 2.36. The summed E-state index contributed by atoms with van der Waals surface area (Å²) in [5, 5.41) is 3.46. The van der Waals surface area contributed by atoms with Crippen LogP contribution < -0.4 is 5.32 Å². The molecule has 1 atom stereocenters. The Morgan fingerprint density at radius 1 is 1.20 bits per heavy atom. The molecule has 0 spiro atoms. The number of rotatable bonds is 5. The van der Waals surface area contributed by atoms with Gasteiger partial charge in [-0.1, -0.05) is 13.8 Å². The molecule has 0 aliphatic carbocycles. The maximum absolute atomic E-state index is 3.46. The Labute approximate surface area is 95.4 Å². The van der Waals surface area contributed by atoms with Crippen LogP contribution >= 0.6 is 0 Å². The fourth-order valence-corrected chi connectivity index (χ4v) is 2.81. The van der Waals surface area contributed by atoms with Crippen molar-refractivity contribution in [2.75, 3.05) is 33.7 Å². The summed E-state index contributed by atoms with van der Waals surface area (Å²) >= 11 is 0. The lowest BCUT2D eigenvalue weighted by Gasteiger charge is -2.33. The molecule has 1 aliphatic heterocycles. The molecule has 2 nitrogen and oxygen atoms in total. The summed E-state index contributed by atoms with van der Waals surface area (Å²) in [6.45, 7) is 8.43. The fourth-order valence-electron chi connectivity index (χ4n) is 2.81. The quantitative estimate of drug-likeness (QED) is 0.751. The molecule has 15 heavy (non-hydrogen) atoms. The van der Waals surface area contributed by atoms with E-state index in [1.807, 2.05) is 0 Å². The van der Waals surface area contributed by atoms with Gasteiger partial charge < -0.3 is 10.2 Å². The van der Waals surface area contributed by atoms with E-state index < -0.39 is 0 Å². The lowest BCUT2D eigenvalue weighted by atomic mass is 9.80. The molecule has 1 N–H and O–H groups in total. The first-order chi connectivity index (χ1) is 7.09. The van der Waals surface area contributed by atoms with Crippen molar-refractivity contribution in [2.45, 2.75) is 33.1 Å². The van der Waals surface area contributed by atoms with Crippen molar-refractivity contribution in [3.8, 4) is 0 Å². The van der Waals surface area contributed by atoms with E-state index in [1.165, 1.54) is 38.9 Å². The normalized spacial score (nSPS) is 21.2. The van der Waals surface area contributed by atoms with Gasteiger partial charge >= 0.3 is 0 Å². The number of nitrogens with zero attached hydrogens (tertiary/aromatic N) is 1. The van der Waals surface area contributed by atoms with Gasteiger partial charge in [0.1, 0.15) is 0 Å². The van der Waals surface area contributed by atoms with E-state index in [0.717, 1.165) is 17.8 Å². The Kier molecular flexibility index (Phi) is 5.62. The van der Waals surface area contributed by atoms with Crippen LogP contribution in [-0.4, -0.2) is 38.6 Å². The Hall–Kier alpha value is -0.0800. The van der Waals surface area contributed by atoms with Gasteiger partial charge in [-0.3, -0.25) is 0 Å². The molecule has 0 aromatic heterocycles. The van der Waals surface area contributed by atoms with Gasteiger partial charge in [-0.05, 0) is 64.2 Å². The second-order valence-electron chi connectivity index (χ2n) is 5.74. The smallest absolute Gasteiger partial charge is 0.000632 e. The highest BCUT2D eigenvalue weighted by Gasteiger charge is 2.24. The van der Waals surface area contributed by atoms with E-state index in [4.69, 9.17) is 0 Å². The van der Waals surface area contributed by atoms with Crippen molar-refractivity contribution in [3.63, 3.8) is 0 Å². The van der Waals surface area contributed by atoms with E-state index in [-0.39, 0.29) is 0 Å². The predicted octanol–water partition coefficient (Wildman–Crippen LogP) is 2.21. The third kappa shape index (κ3) is 4.98. The molecule has 0 radical (unpaired) electrons. The topological polar surface area (TPSA) is 15.3 Å². The average Bonchev–Trinajstić information content (AvgIpc) is 2.17. The number of piperidine rings is 1. The second kappa shape index (κ2) is 6.49. The Bertz CT molecular complexity index is 150. The molecule has 0 bridgehead atoms. The van der Waals surface area contributed by atoms with Crippen molar-refractivity contribution in [1.29, 1.82) is 0 Å². The first kappa shape index (κ1) is 13.0. The molecule has 2 heteroatoms. The molecular weight excluding hydrogens is 184 g/mol. The van der Waals surface area contributed by atoms with E-state index in [1.54, 1.807) is 0 Å². The van der Waals surface area contributed by atoms with Crippen molar-refractivity contribution in [1.82, 2.24) is 10.2 Å². The minimum atomic E-state index is 0.838. The average molecular weight is 212 g/mol. The molecule has 1 rings (SSSR count). The van der Waals surface area contributed by atoms with Crippen LogP contribution in [0, 0.1) is 17.8 Å². The summed E-state index contributed by atoms with van der Waals surface area (Å²) in [5.74, 6) is 2.70. The number of nitrogens with one attached hydrogen (secondary N) is 1. The zero-order valence-electron chi connectivity index (χ0n) is 10.9. The molecule has 90 valence electrons. The predicted molar refractivity (Wildman–Crippen MR) is 67.1 cm³/mol. The summed E-state index contributed by atoms with van der Waals surface area (Å²) in [7, 11) is 4.41. The summed E-state index contributed by atoms with van der Waals surface area (Å²) in [5.41, 5.74) is 0. The van der Waals surface area contributed by atoms with Gasteiger partial charge in [0.15, 0.2) is 0 Å². The molecule has 1 heterocycles. The highest BCUT2D eigenvalue weighted by atomic mass is 15.1. The van der Waals surface area contributed by atoms with Crippen LogP contribution in [0.2, 0.25) is 0 Å². The zero-order valence-corrected chi connectivity index (χ0v) is 10.9. The van der Waals surface area contributed by atoms with Crippen molar-refractivity contribution in [2.24, 2.45) is 17.8 Å². The third-order valence-electron chi connectivity index (χ3n) is 3.42. The highest BCUT2D eigenvalue weighted by Crippen LogP contribution is 2.27. The van der Waals surface area contributed by atoms with Gasteiger partial charge in [0, 0.05) is 6.54 Å². The van der Waals surface area contributed by atoms with E-state index in [0.29, 0.717) is 0 Å². The molecular formula is C13H28N2. The van der Waals surface area contributed by atoms with Crippen molar-refractivity contribution in [3.05, 3.63) is 0 Å². The molecule has 1 fully saturated rings. The van der Waals surface area contributed by atoms with Crippen LogP contribution in [0.5, 0.6) is 0 Å². The van der Waals surface area contributed by atoms with Crippen LogP contribution in [0.25, 0.3) is 0 Å². The molecule has 0 aromatic rings. The lowest BCUT2D eigenvalue weighted by molar-refractivity contribution is 0.181. The van der Waals surface area contributed by atoms with Gasteiger partial charge in [-0.15, -0.1) is 0 Å². The monoisotopic (exact) mass is 212 g/mol. The molecule has 0 aromatic carbocycles. The Morgan fingerprint density at radius 3 is 2.27 bits per heavy atom. The summed E-state index contributed by atoms with van der Waals surface area (Å²) < 4.78 is 0. The van der Waals surface area contributed by atoms with E-state index in [2.05, 4.69) is 38.2 Å². The van der Waals surface area contributed by atoms with Gasteiger partial charge in [-0.25, -0.2) is 0 Å². The van der Waals surface area contributed by atoms with Crippen LogP contribution in [0.3, 0.4) is 0 Å². The molecule has 1 aliphatic rings. The summed E-state index contributed by atoms with van der Waals surface area (Å²) in [6.07, 6.45) is 4.15. The lowest BCUT2D eigenvalue weighted by Crippen LogP contribution is -2.36. The Morgan fingerprint density at radius 2 is 1.80 bits per heavy atom. The zero-order chi connectivity index (χ0) is 11.3. The molecule has 0 amide bonds. The first-order valence-corrected chi connectivity index (χ1v) is 6.45. The highest BCUT2D eigenvalue weighted by molar-refractivity contribution is 4.78. The Balaban J connectivity index is 2.45. The minimum absolute atomic E-state index is 0.838. The van der Waals surface area contributed by atoms with Gasteiger partial charge in [0.25, 0.3) is 0 Å². The van der Waals surface area contributed by atoms with E-state index in [9.17, 15) is 0 Å². The third-order valence-corrected chi connectivity index (χ3v) is 3.42. The number of hydrogen-bond donors (Lipinski definition) is 1. The minimum Gasteiger partial charge on any atom is -0.317 e. The van der Waals surface area contributed by atoms with Gasteiger partial charge in [0.2, 0.25) is 0 Å². The van der Waals surface area contributed by atoms with Crippen LogP contribution in [0.4, 0.5) is 0 Å². The summed E-state index contributed by atoms with van der Waals surface area (Å²) in [6, 6.07) is 0. The van der Waals surface area contributed by atoms with Gasteiger partial charge in [-0.2, -0.15) is 0 Å². The second-order valence-corrected chi connectivity index (χ2v) is 5.74. The van der Waals surface area contributed by atoms with Crippen molar-refractivity contribution < 1.29 is 0 Å². The van der Waals surface area contributed by atoms with Crippen LogP contribution in [-0.2, 0) is 0 Å². The SMILES string of the molecule is CC(C)CC(CN(C)C)C1CCNCC1. The van der Waals surface area contributed by atoms with Crippen molar-refractivity contribution >= 4 is 0 Å². The molecule has 0 saturated carbocycles. The number of hydrogen-bond acceptors (Lipinski definition) is 2. The molecule has 1 unspecified atom stereocenters. The maximum Gasteiger partial charge on any atom is 0.000632 e.